The quantitative estimate of drug-likeness (QED) is 0.872. The molecule has 0 bridgehead atoms. The minimum atomic E-state index is 0.215. The Bertz CT molecular complexity index is 704. The number of hydrogen-bond acceptors (Lipinski definition) is 6. The van der Waals surface area contributed by atoms with Crippen LogP contribution in [0.15, 0.2) is 30.5 Å². The fourth-order valence-corrected chi connectivity index (χ4v) is 3.23. The van der Waals surface area contributed by atoms with Crippen LogP contribution in [0.5, 0.6) is 0 Å². The molecule has 132 valence electrons. The van der Waals surface area contributed by atoms with Crippen LogP contribution < -0.4 is 5.32 Å². The second-order valence-electron chi connectivity index (χ2n) is 6.74. The first-order valence-electron chi connectivity index (χ1n) is 9.20. The summed E-state index contributed by atoms with van der Waals surface area (Å²) in [7, 11) is 0. The molecule has 0 amide bonds. The summed E-state index contributed by atoms with van der Waals surface area (Å²) in [4.78, 5) is 16.2. The van der Waals surface area contributed by atoms with Gasteiger partial charge in [-0.1, -0.05) is 13.0 Å². The fourth-order valence-electron chi connectivity index (χ4n) is 3.23. The molecule has 6 nitrogen and oxygen atoms in total. The molecule has 1 saturated heterocycles. The highest BCUT2D eigenvalue weighted by Gasteiger charge is 2.32. The van der Waals surface area contributed by atoms with Crippen molar-refractivity contribution in [3.63, 3.8) is 0 Å². The molecule has 2 aromatic heterocycles. The maximum Gasteiger partial charge on any atom is 0.180 e. The summed E-state index contributed by atoms with van der Waals surface area (Å²) in [5, 5.41) is 3.45. The third-order valence-corrected chi connectivity index (χ3v) is 4.78. The first-order valence-corrected chi connectivity index (χ1v) is 9.20. The maximum atomic E-state index is 5.92. The zero-order valence-electron chi connectivity index (χ0n) is 14.7. The average molecular weight is 339 g/mol. The van der Waals surface area contributed by atoms with Gasteiger partial charge in [0.2, 0.25) is 0 Å². The Labute approximate surface area is 148 Å². The molecule has 1 aliphatic carbocycles. The number of pyridine rings is 1. The van der Waals surface area contributed by atoms with Crippen LogP contribution in [0.4, 0.5) is 5.82 Å². The van der Waals surface area contributed by atoms with Gasteiger partial charge in [-0.25, -0.2) is 9.97 Å². The van der Waals surface area contributed by atoms with E-state index in [2.05, 4.69) is 32.1 Å². The molecule has 4 rings (SSSR count). The van der Waals surface area contributed by atoms with Crippen LogP contribution in [0.1, 0.15) is 25.5 Å². The molecular formula is C19H25N5O. The van der Waals surface area contributed by atoms with Crippen molar-refractivity contribution >= 4 is 5.82 Å². The maximum absolute atomic E-state index is 5.92. The van der Waals surface area contributed by atoms with Crippen molar-refractivity contribution in [3.8, 4) is 11.5 Å². The summed E-state index contributed by atoms with van der Waals surface area (Å²) in [6, 6.07) is 8.62. The molecule has 25 heavy (non-hydrogen) atoms. The highest BCUT2D eigenvalue weighted by atomic mass is 16.5. The summed E-state index contributed by atoms with van der Waals surface area (Å²) >= 11 is 0. The number of nitrogens with zero attached hydrogens (tertiary/aromatic N) is 4. The number of aromatic nitrogens is 3. The van der Waals surface area contributed by atoms with Gasteiger partial charge in [0.05, 0.1) is 12.7 Å². The largest absolute Gasteiger partial charge is 0.374 e. The van der Waals surface area contributed by atoms with Crippen molar-refractivity contribution in [1.82, 2.24) is 19.9 Å². The first-order chi connectivity index (χ1) is 12.3. The summed E-state index contributed by atoms with van der Waals surface area (Å²) in [6.45, 7) is 5.78. The van der Waals surface area contributed by atoms with Gasteiger partial charge in [0.25, 0.3) is 0 Å². The summed E-state index contributed by atoms with van der Waals surface area (Å²) in [6.07, 6.45) is 5.55. The molecule has 0 radical (unpaired) electrons. The molecule has 0 spiro atoms. The molecule has 1 saturated carbocycles. The van der Waals surface area contributed by atoms with E-state index in [4.69, 9.17) is 4.74 Å². The number of hydrogen-bond donors (Lipinski definition) is 1. The zero-order chi connectivity index (χ0) is 17.1. The molecule has 2 aliphatic rings. The molecule has 1 atom stereocenters. The smallest absolute Gasteiger partial charge is 0.180 e. The lowest BCUT2D eigenvalue weighted by Gasteiger charge is -2.33. The van der Waals surface area contributed by atoms with Crippen LogP contribution >= 0.6 is 0 Å². The van der Waals surface area contributed by atoms with Crippen molar-refractivity contribution in [2.75, 3.05) is 31.6 Å². The number of aryl methyl sites for hydroxylation is 1. The van der Waals surface area contributed by atoms with E-state index in [0.717, 1.165) is 55.9 Å². The summed E-state index contributed by atoms with van der Waals surface area (Å²) in [5.74, 6) is 1.52. The van der Waals surface area contributed by atoms with Crippen LogP contribution in [0.2, 0.25) is 0 Å². The number of morpholine rings is 1. The molecular weight excluding hydrogens is 314 g/mol. The van der Waals surface area contributed by atoms with Gasteiger partial charge in [0, 0.05) is 43.6 Å². The number of ether oxygens (including phenoxy) is 1. The predicted octanol–water partition coefficient (Wildman–Crippen LogP) is 2.38. The van der Waals surface area contributed by atoms with Crippen LogP contribution in [0.25, 0.3) is 11.5 Å². The van der Waals surface area contributed by atoms with Crippen molar-refractivity contribution in [3.05, 3.63) is 36.2 Å². The number of nitrogens with one attached hydrogen (secondary N) is 1. The van der Waals surface area contributed by atoms with Crippen LogP contribution in [-0.2, 0) is 11.2 Å². The fraction of sp³-hybridized carbons (Fsp3) is 0.526. The topological polar surface area (TPSA) is 63.2 Å². The lowest BCUT2D eigenvalue weighted by molar-refractivity contribution is -0.0241. The van der Waals surface area contributed by atoms with E-state index >= 15 is 0 Å². The van der Waals surface area contributed by atoms with Gasteiger partial charge in [-0.2, -0.15) is 0 Å². The molecule has 1 unspecified atom stereocenters. The SMILES string of the molecule is CCc1cc(NCC2CN(C3CC3)CCO2)nc(-c2ccccn2)n1. The van der Waals surface area contributed by atoms with Gasteiger partial charge < -0.3 is 10.1 Å². The van der Waals surface area contributed by atoms with E-state index in [-0.39, 0.29) is 6.10 Å². The molecule has 0 aromatic carbocycles. The van der Waals surface area contributed by atoms with Gasteiger partial charge in [-0.05, 0) is 31.4 Å². The summed E-state index contributed by atoms with van der Waals surface area (Å²) < 4.78 is 5.92. The van der Waals surface area contributed by atoms with E-state index in [1.54, 1.807) is 6.20 Å². The van der Waals surface area contributed by atoms with Crippen molar-refractivity contribution in [1.29, 1.82) is 0 Å². The van der Waals surface area contributed by atoms with Gasteiger partial charge in [-0.3, -0.25) is 9.88 Å². The molecule has 3 heterocycles. The molecule has 2 fully saturated rings. The van der Waals surface area contributed by atoms with Crippen molar-refractivity contribution in [2.24, 2.45) is 0 Å². The van der Waals surface area contributed by atoms with Crippen LogP contribution in [0, 0.1) is 0 Å². The predicted molar refractivity (Wildman–Crippen MR) is 97.5 cm³/mol. The highest BCUT2D eigenvalue weighted by molar-refractivity contribution is 5.52. The molecule has 2 aromatic rings. The molecule has 1 aliphatic heterocycles. The first kappa shape index (κ1) is 16.4. The zero-order valence-corrected chi connectivity index (χ0v) is 14.7. The second kappa shape index (κ2) is 7.45. The van der Waals surface area contributed by atoms with E-state index in [1.165, 1.54) is 12.8 Å². The van der Waals surface area contributed by atoms with E-state index < -0.39 is 0 Å². The Morgan fingerprint density at radius 2 is 2.20 bits per heavy atom. The average Bonchev–Trinajstić information content (AvgIpc) is 3.52. The van der Waals surface area contributed by atoms with E-state index in [0.29, 0.717) is 5.82 Å². The Morgan fingerprint density at radius 3 is 2.96 bits per heavy atom. The monoisotopic (exact) mass is 339 g/mol. The molecule has 6 heteroatoms. The Hall–Kier alpha value is -2.05. The minimum absolute atomic E-state index is 0.215. The number of rotatable bonds is 6. The lowest BCUT2D eigenvalue weighted by Crippen LogP contribution is -2.46. The van der Waals surface area contributed by atoms with Gasteiger partial charge in [0.1, 0.15) is 11.5 Å². The third kappa shape index (κ3) is 4.14. The summed E-state index contributed by atoms with van der Waals surface area (Å²) in [5.41, 5.74) is 1.82. The second-order valence-corrected chi connectivity index (χ2v) is 6.74. The lowest BCUT2D eigenvalue weighted by atomic mass is 10.2. The minimum Gasteiger partial charge on any atom is -0.374 e. The van der Waals surface area contributed by atoms with E-state index in [9.17, 15) is 0 Å². The molecule has 1 N–H and O–H groups in total. The Morgan fingerprint density at radius 1 is 1.28 bits per heavy atom. The Balaban J connectivity index is 1.44. The number of anilines is 1. The van der Waals surface area contributed by atoms with Gasteiger partial charge >= 0.3 is 0 Å². The highest BCUT2D eigenvalue weighted by Crippen LogP contribution is 2.28. The van der Waals surface area contributed by atoms with E-state index in [1.807, 2.05) is 24.3 Å². The Kier molecular flexibility index (Phi) is 4.90. The van der Waals surface area contributed by atoms with Crippen LogP contribution in [-0.4, -0.2) is 58.2 Å². The van der Waals surface area contributed by atoms with Gasteiger partial charge in [0.15, 0.2) is 5.82 Å². The standard InChI is InChI=1S/C19H25N5O/c1-2-14-11-18(23-19(22-14)17-5-3-4-8-20-17)21-12-16-13-24(9-10-25-16)15-6-7-15/h3-5,8,11,15-16H,2,6-7,9-10,12-13H2,1H3,(H,21,22,23). The normalized spacial score (nSPS) is 21.2. The van der Waals surface area contributed by atoms with Gasteiger partial charge in [-0.15, -0.1) is 0 Å². The van der Waals surface area contributed by atoms with Crippen LogP contribution in [0.3, 0.4) is 0 Å². The van der Waals surface area contributed by atoms with Crippen molar-refractivity contribution in [2.45, 2.75) is 38.3 Å². The third-order valence-electron chi connectivity index (χ3n) is 4.78. The van der Waals surface area contributed by atoms with Crippen molar-refractivity contribution < 1.29 is 4.74 Å².